The SMILES string of the molecule is Cc1ccc(Cl)c(NC(=O)CN(Cc2ccc(F)cc2)C2CC2)c1Cl. The predicted octanol–water partition coefficient (Wildman–Crippen LogP) is 5.04. The molecule has 1 saturated carbocycles. The first kappa shape index (κ1) is 18.2. The van der Waals surface area contributed by atoms with E-state index < -0.39 is 0 Å². The molecule has 1 fully saturated rings. The number of rotatable bonds is 6. The van der Waals surface area contributed by atoms with Crippen molar-refractivity contribution in [3.05, 3.63) is 63.4 Å². The van der Waals surface area contributed by atoms with Gasteiger partial charge in [-0.15, -0.1) is 0 Å². The van der Waals surface area contributed by atoms with E-state index in [0.717, 1.165) is 24.0 Å². The molecule has 132 valence electrons. The smallest absolute Gasteiger partial charge is 0.238 e. The first-order valence-corrected chi connectivity index (χ1v) is 8.92. The Morgan fingerprint density at radius 2 is 1.88 bits per heavy atom. The van der Waals surface area contributed by atoms with E-state index in [9.17, 15) is 9.18 Å². The average molecular weight is 381 g/mol. The molecule has 0 heterocycles. The summed E-state index contributed by atoms with van der Waals surface area (Å²) in [6, 6.07) is 10.3. The zero-order valence-electron chi connectivity index (χ0n) is 13.9. The maximum absolute atomic E-state index is 13.1. The number of carbonyl (C=O) groups is 1. The van der Waals surface area contributed by atoms with Gasteiger partial charge in [-0.2, -0.15) is 0 Å². The molecular formula is C19H19Cl2FN2O. The van der Waals surface area contributed by atoms with Crippen molar-refractivity contribution in [3.63, 3.8) is 0 Å². The van der Waals surface area contributed by atoms with E-state index >= 15 is 0 Å². The number of nitrogens with one attached hydrogen (secondary N) is 1. The number of nitrogens with zero attached hydrogens (tertiary/aromatic N) is 1. The highest BCUT2D eigenvalue weighted by Crippen LogP contribution is 2.33. The molecule has 2 aromatic rings. The number of amides is 1. The van der Waals surface area contributed by atoms with Crippen LogP contribution in [0.4, 0.5) is 10.1 Å². The fourth-order valence-electron chi connectivity index (χ4n) is 2.71. The lowest BCUT2D eigenvalue weighted by Crippen LogP contribution is -2.34. The average Bonchev–Trinajstić information content (AvgIpc) is 3.41. The summed E-state index contributed by atoms with van der Waals surface area (Å²) < 4.78 is 13.1. The summed E-state index contributed by atoms with van der Waals surface area (Å²) in [5.41, 5.74) is 2.28. The molecule has 0 aromatic heterocycles. The lowest BCUT2D eigenvalue weighted by molar-refractivity contribution is -0.117. The first-order chi connectivity index (χ1) is 11.9. The molecule has 2 aromatic carbocycles. The van der Waals surface area contributed by atoms with E-state index in [-0.39, 0.29) is 18.3 Å². The summed E-state index contributed by atoms with van der Waals surface area (Å²) in [5, 5.41) is 3.70. The Balaban J connectivity index is 1.67. The van der Waals surface area contributed by atoms with E-state index in [2.05, 4.69) is 10.2 Å². The van der Waals surface area contributed by atoms with Crippen molar-refractivity contribution in [1.29, 1.82) is 0 Å². The van der Waals surface area contributed by atoms with Crippen LogP contribution in [0.3, 0.4) is 0 Å². The highest BCUT2D eigenvalue weighted by molar-refractivity contribution is 6.40. The largest absolute Gasteiger partial charge is 0.322 e. The van der Waals surface area contributed by atoms with Crippen LogP contribution < -0.4 is 5.32 Å². The van der Waals surface area contributed by atoms with Crippen molar-refractivity contribution in [2.45, 2.75) is 32.4 Å². The molecule has 25 heavy (non-hydrogen) atoms. The standard InChI is InChI=1S/C19H19Cl2FN2O/c1-12-2-9-16(20)19(18(12)21)23-17(25)11-24(15-7-8-15)10-13-3-5-14(22)6-4-13/h2-6,9,15H,7-8,10-11H2,1H3,(H,23,25). The van der Waals surface area contributed by atoms with Crippen molar-refractivity contribution in [1.82, 2.24) is 4.90 Å². The van der Waals surface area contributed by atoms with E-state index in [0.29, 0.717) is 28.3 Å². The fraction of sp³-hybridized carbons (Fsp3) is 0.316. The third-order valence-corrected chi connectivity index (χ3v) is 5.06. The molecule has 0 aliphatic heterocycles. The Kier molecular flexibility index (Phi) is 5.62. The topological polar surface area (TPSA) is 32.3 Å². The van der Waals surface area contributed by atoms with Crippen LogP contribution in [-0.4, -0.2) is 23.4 Å². The molecule has 0 saturated heterocycles. The van der Waals surface area contributed by atoms with Gasteiger partial charge in [0.25, 0.3) is 0 Å². The van der Waals surface area contributed by atoms with Crippen molar-refractivity contribution < 1.29 is 9.18 Å². The van der Waals surface area contributed by atoms with Crippen LogP contribution in [-0.2, 0) is 11.3 Å². The van der Waals surface area contributed by atoms with Crippen LogP contribution in [0.2, 0.25) is 10.0 Å². The minimum absolute atomic E-state index is 0.164. The number of benzene rings is 2. The second-order valence-electron chi connectivity index (χ2n) is 6.36. The Hall–Kier alpha value is -1.62. The fourth-order valence-corrected chi connectivity index (χ4v) is 3.18. The summed E-state index contributed by atoms with van der Waals surface area (Å²) in [6.07, 6.45) is 2.14. The molecule has 1 aliphatic carbocycles. The van der Waals surface area contributed by atoms with Gasteiger partial charge in [0.2, 0.25) is 5.91 Å². The summed E-state index contributed by atoms with van der Waals surface area (Å²) >= 11 is 12.4. The van der Waals surface area contributed by atoms with Crippen LogP contribution in [0.1, 0.15) is 24.0 Å². The molecule has 6 heteroatoms. The molecular weight excluding hydrogens is 362 g/mol. The van der Waals surface area contributed by atoms with Crippen LogP contribution in [0.5, 0.6) is 0 Å². The second-order valence-corrected chi connectivity index (χ2v) is 7.15. The summed E-state index contributed by atoms with van der Waals surface area (Å²) in [4.78, 5) is 14.6. The predicted molar refractivity (Wildman–Crippen MR) is 99.7 cm³/mol. The Labute approximate surface area is 156 Å². The van der Waals surface area contributed by atoms with Gasteiger partial charge in [-0.3, -0.25) is 9.69 Å². The molecule has 1 aliphatic rings. The second kappa shape index (κ2) is 7.73. The highest BCUT2D eigenvalue weighted by Gasteiger charge is 2.30. The summed E-state index contributed by atoms with van der Waals surface area (Å²) in [5.74, 6) is -0.424. The Morgan fingerprint density at radius 1 is 1.20 bits per heavy atom. The molecule has 0 spiro atoms. The summed E-state index contributed by atoms with van der Waals surface area (Å²) in [6.45, 7) is 2.70. The van der Waals surface area contributed by atoms with E-state index in [1.54, 1.807) is 18.2 Å². The number of carbonyl (C=O) groups excluding carboxylic acids is 1. The normalized spacial score (nSPS) is 14.0. The minimum atomic E-state index is -0.261. The van der Waals surface area contributed by atoms with Gasteiger partial charge in [0.15, 0.2) is 0 Å². The molecule has 0 radical (unpaired) electrons. The number of hydrogen-bond donors (Lipinski definition) is 1. The van der Waals surface area contributed by atoms with Crippen molar-refractivity contribution in [2.75, 3.05) is 11.9 Å². The molecule has 1 N–H and O–H groups in total. The lowest BCUT2D eigenvalue weighted by Gasteiger charge is -2.22. The van der Waals surface area contributed by atoms with Gasteiger partial charge in [0.1, 0.15) is 5.82 Å². The van der Waals surface area contributed by atoms with Crippen LogP contribution in [0.15, 0.2) is 36.4 Å². The molecule has 0 bridgehead atoms. The van der Waals surface area contributed by atoms with Crippen LogP contribution >= 0.6 is 23.2 Å². The van der Waals surface area contributed by atoms with Gasteiger partial charge in [0.05, 0.1) is 22.3 Å². The zero-order valence-corrected chi connectivity index (χ0v) is 15.4. The molecule has 1 amide bonds. The van der Waals surface area contributed by atoms with Gasteiger partial charge in [0, 0.05) is 12.6 Å². The molecule has 0 atom stereocenters. The van der Waals surface area contributed by atoms with Gasteiger partial charge < -0.3 is 5.32 Å². The molecule has 3 rings (SSSR count). The maximum atomic E-state index is 13.1. The first-order valence-electron chi connectivity index (χ1n) is 8.17. The number of hydrogen-bond acceptors (Lipinski definition) is 2. The quantitative estimate of drug-likeness (QED) is 0.760. The van der Waals surface area contributed by atoms with E-state index in [1.807, 2.05) is 13.0 Å². The van der Waals surface area contributed by atoms with Crippen molar-refractivity contribution in [3.8, 4) is 0 Å². The Bertz CT molecular complexity index is 776. The number of anilines is 1. The maximum Gasteiger partial charge on any atom is 0.238 e. The third kappa shape index (κ3) is 4.72. The van der Waals surface area contributed by atoms with E-state index in [1.165, 1.54) is 12.1 Å². The van der Waals surface area contributed by atoms with Crippen molar-refractivity contribution in [2.24, 2.45) is 0 Å². The van der Waals surface area contributed by atoms with E-state index in [4.69, 9.17) is 23.2 Å². The molecule has 3 nitrogen and oxygen atoms in total. The zero-order chi connectivity index (χ0) is 18.0. The van der Waals surface area contributed by atoms with Crippen LogP contribution in [0.25, 0.3) is 0 Å². The van der Waals surface area contributed by atoms with Gasteiger partial charge in [-0.25, -0.2) is 4.39 Å². The minimum Gasteiger partial charge on any atom is -0.322 e. The molecule has 0 unspecified atom stereocenters. The Morgan fingerprint density at radius 3 is 2.52 bits per heavy atom. The lowest BCUT2D eigenvalue weighted by atomic mass is 10.2. The number of aryl methyl sites for hydroxylation is 1. The highest BCUT2D eigenvalue weighted by atomic mass is 35.5. The van der Waals surface area contributed by atoms with Gasteiger partial charge in [-0.05, 0) is 49.1 Å². The third-order valence-electron chi connectivity index (χ3n) is 4.26. The summed E-state index contributed by atoms with van der Waals surface area (Å²) in [7, 11) is 0. The number of halogens is 3. The van der Waals surface area contributed by atoms with Gasteiger partial charge >= 0.3 is 0 Å². The monoisotopic (exact) mass is 380 g/mol. The van der Waals surface area contributed by atoms with Crippen LogP contribution in [0, 0.1) is 12.7 Å². The van der Waals surface area contributed by atoms with Crippen molar-refractivity contribution >= 4 is 34.8 Å². The van der Waals surface area contributed by atoms with Gasteiger partial charge in [-0.1, -0.05) is 41.4 Å².